The molecule has 1 saturated heterocycles. The molecule has 1 amide bonds. The van der Waals surface area contributed by atoms with Gasteiger partial charge in [-0.3, -0.25) is 9.59 Å². The first-order chi connectivity index (χ1) is 16.1. The summed E-state index contributed by atoms with van der Waals surface area (Å²) in [6.07, 6.45) is 4.40. The van der Waals surface area contributed by atoms with Gasteiger partial charge in [-0.15, -0.1) is 0 Å². The highest BCUT2D eigenvalue weighted by atomic mass is 35.5. The van der Waals surface area contributed by atoms with E-state index in [2.05, 4.69) is 48.5 Å². The molecule has 3 aromatic rings. The van der Waals surface area contributed by atoms with Crippen LogP contribution in [-0.2, 0) is 22.4 Å². The molecule has 2 fully saturated rings. The highest BCUT2D eigenvalue weighted by Gasteiger charge is 2.46. The molecule has 1 saturated carbocycles. The summed E-state index contributed by atoms with van der Waals surface area (Å²) in [7, 11) is 0. The Labute approximate surface area is 199 Å². The summed E-state index contributed by atoms with van der Waals surface area (Å²) in [6, 6.07) is 24.8. The van der Waals surface area contributed by atoms with E-state index in [0.29, 0.717) is 35.0 Å². The molecule has 33 heavy (non-hydrogen) atoms. The second kappa shape index (κ2) is 8.14. The van der Waals surface area contributed by atoms with Crippen LogP contribution >= 0.6 is 11.6 Å². The van der Waals surface area contributed by atoms with Crippen LogP contribution in [0, 0.1) is 11.8 Å². The molecule has 0 spiro atoms. The lowest BCUT2D eigenvalue weighted by Gasteiger charge is -2.25. The highest BCUT2D eigenvalue weighted by Crippen LogP contribution is 2.49. The minimum atomic E-state index is 0.194. The predicted molar refractivity (Wildman–Crippen MR) is 131 cm³/mol. The van der Waals surface area contributed by atoms with E-state index in [1.54, 1.807) is 0 Å². The van der Waals surface area contributed by atoms with Crippen LogP contribution in [0.25, 0.3) is 0 Å². The number of carbonyl (C=O) groups excluding carboxylic acids is 2. The standard InChI is InChI=1S/C17H14ClNO.C12H12O/c18-13-5-7-14(8-6-13)19-16(20)10-12-9-11-3-1-2-4-15(11)17(12)19;13-10-6-9-5-8-3-1-2-4-11(8)12(9)7-10/h1-8,12,17H,9-10H2;1-4,9,12H,5-7H2. The lowest BCUT2D eigenvalue weighted by atomic mass is 9.97. The van der Waals surface area contributed by atoms with Crippen molar-refractivity contribution in [3.63, 3.8) is 0 Å². The smallest absolute Gasteiger partial charge is 0.227 e. The second-order valence-electron chi connectivity index (χ2n) is 9.77. The molecule has 3 nitrogen and oxygen atoms in total. The summed E-state index contributed by atoms with van der Waals surface area (Å²) in [5, 5.41) is 0.698. The molecule has 1 aliphatic heterocycles. The van der Waals surface area contributed by atoms with E-state index in [0.717, 1.165) is 31.4 Å². The van der Waals surface area contributed by atoms with E-state index in [9.17, 15) is 9.59 Å². The summed E-state index contributed by atoms with van der Waals surface area (Å²) < 4.78 is 0. The first-order valence-electron chi connectivity index (χ1n) is 11.8. The molecule has 4 heteroatoms. The van der Waals surface area contributed by atoms with Crippen LogP contribution in [0.4, 0.5) is 5.69 Å². The molecule has 3 aliphatic carbocycles. The Morgan fingerprint density at radius 1 is 0.667 bits per heavy atom. The number of rotatable bonds is 1. The fourth-order valence-electron chi connectivity index (χ4n) is 6.45. The number of amides is 1. The third-order valence-corrected chi connectivity index (χ3v) is 8.09. The first-order valence-corrected chi connectivity index (χ1v) is 12.2. The zero-order valence-corrected chi connectivity index (χ0v) is 19.2. The summed E-state index contributed by atoms with van der Waals surface area (Å²) in [5.41, 5.74) is 6.55. The molecule has 166 valence electrons. The van der Waals surface area contributed by atoms with E-state index in [1.165, 1.54) is 22.3 Å². The highest BCUT2D eigenvalue weighted by molar-refractivity contribution is 6.30. The Morgan fingerprint density at radius 2 is 1.30 bits per heavy atom. The van der Waals surface area contributed by atoms with Gasteiger partial charge in [0.05, 0.1) is 6.04 Å². The third kappa shape index (κ3) is 3.59. The SMILES string of the molecule is O=C1CC2Cc3ccccc3C2C1.O=C1CC2Cc3ccccc3C2N1c1ccc(Cl)cc1. The molecular formula is C29H26ClNO2. The molecule has 0 bridgehead atoms. The maximum absolute atomic E-state index is 12.4. The van der Waals surface area contributed by atoms with Gasteiger partial charge in [0.2, 0.25) is 5.91 Å². The molecule has 4 unspecified atom stereocenters. The Bertz CT molecular complexity index is 1230. The van der Waals surface area contributed by atoms with E-state index in [4.69, 9.17) is 11.6 Å². The lowest BCUT2D eigenvalue weighted by Crippen LogP contribution is -2.27. The van der Waals surface area contributed by atoms with Crippen LogP contribution in [0.15, 0.2) is 72.8 Å². The van der Waals surface area contributed by atoms with Crippen molar-refractivity contribution in [3.8, 4) is 0 Å². The van der Waals surface area contributed by atoms with E-state index in [1.807, 2.05) is 29.2 Å². The number of anilines is 1. The van der Waals surface area contributed by atoms with Crippen molar-refractivity contribution in [1.29, 1.82) is 0 Å². The van der Waals surface area contributed by atoms with Crippen molar-refractivity contribution in [1.82, 2.24) is 0 Å². The molecule has 0 aromatic heterocycles. The summed E-state index contributed by atoms with van der Waals surface area (Å²) in [5.74, 6) is 2.28. The van der Waals surface area contributed by atoms with Crippen molar-refractivity contribution < 1.29 is 9.59 Å². The quantitative estimate of drug-likeness (QED) is 0.432. The van der Waals surface area contributed by atoms with Gasteiger partial charge in [-0.2, -0.15) is 0 Å². The summed E-state index contributed by atoms with van der Waals surface area (Å²) in [6.45, 7) is 0. The maximum atomic E-state index is 12.4. The molecule has 1 heterocycles. The predicted octanol–water partition coefficient (Wildman–Crippen LogP) is 6.30. The average Bonchev–Trinajstić information content (AvgIpc) is 3.53. The molecule has 0 radical (unpaired) electrons. The van der Waals surface area contributed by atoms with E-state index < -0.39 is 0 Å². The Morgan fingerprint density at radius 3 is 2.06 bits per heavy atom. The summed E-state index contributed by atoms with van der Waals surface area (Å²) >= 11 is 5.94. The van der Waals surface area contributed by atoms with Crippen molar-refractivity contribution in [2.24, 2.45) is 11.8 Å². The fraction of sp³-hybridized carbons (Fsp3) is 0.310. The van der Waals surface area contributed by atoms with Gasteiger partial charge in [-0.25, -0.2) is 0 Å². The minimum absolute atomic E-state index is 0.194. The Balaban J connectivity index is 0.000000137. The van der Waals surface area contributed by atoms with Gasteiger partial charge < -0.3 is 4.90 Å². The lowest BCUT2D eigenvalue weighted by molar-refractivity contribution is -0.118. The van der Waals surface area contributed by atoms with Gasteiger partial charge >= 0.3 is 0 Å². The van der Waals surface area contributed by atoms with Crippen LogP contribution < -0.4 is 4.90 Å². The zero-order chi connectivity index (χ0) is 22.5. The van der Waals surface area contributed by atoms with Crippen LogP contribution in [0.1, 0.15) is 53.5 Å². The number of fused-ring (bicyclic) bond motifs is 6. The van der Waals surface area contributed by atoms with Crippen LogP contribution in [0.5, 0.6) is 0 Å². The average molecular weight is 456 g/mol. The molecule has 7 rings (SSSR count). The number of halogens is 1. The molecule has 3 aromatic carbocycles. The Hall–Kier alpha value is -2.91. The number of carbonyl (C=O) groups is 2. The maximum Gasteiger partial charge on any atom is 0.227 e. The monoisotopic (exact) mass is 455 g/mol. The zero-order valence-electron chi connectivity index (χ0n) is 18.4. The molecule has 4 atom stereocenters. The van der Waals surface area contributed by atoms with Crippen molar-refractivity contribution in [3.05, 3.63) is 100 Å². The van der Waals surface area contributed by atoms with Crippen LogP contribution in [0.3, 0.4) is 0 Å². The van der Waals surface area contributed by atoms with Crippen LogP contribution in [-0.4, -0.2) is 11.7 Å². The molecule has 0 N–H and O–H groups in total. The first kappa shape index (κ1) is 20.7. The number of nitrogens with zero attached hydrogens (tertiary/aromatic N) is 1. The largest absolute Gasteiger partial charge is 0.305 e. The van der Waals surface area contributed by atoms with Gasteiger partial charge in [0.1, 0.15) is 5.78 Å². The van der Waals surface area contributed by atoms with Crippen molar-refractivity contribution in [2.45, 2.75) is 44.1 Å². The molecule has 4 aliphatic rings. The van der Waals surface area contributed by atoms with Crippen LogP contribution in [0.2, 0.25) is 5.02 Å². The van der Waals surface area contributed by atoms with E-state index >= 15 is 0 Å². The number of hydrogen-bond acceptors (Lipinski definition) is 2. The minimum Gasteiger partial charge on any atom is -0.305 e. The van der Waals surface area contributed by atoms with E-state index in [-0.39, 0.29) is 11.9 Å². The summed E-state index contributed by atoms with van der Waals surface area (Å²) in [4.78, 5) is 25.6. The number of ketones is 1. The van der Waals surface area contributed by atoms with Gasteiger partial charge in [-0.1, -0.05) is 60.1 Å². The second-order valence-corrected chi connectivity index (χ2v) is 10.2. The normalized spacial score (nSPS) is 26.4. The van der Waals surface area contributed by atoms with Crippen molar-refractivity contribution in [2.75, 3.05) is 4.90 Å². The van der Waals surface area contributed by atoms with Gasteiger partial charge in [0, 0.05) is 30.0 Å². The number of benzene rings is 3. The number of hydrogen-bond donors (Lipinski definition) is 0. The molecular weight excluding hydrogens is 430 g/mol. The number of Topliss-reactive ketones (excluding diaryl/α,β-unsaturated/α-hetero) is 1. The fourth-order valence-corrected chi connectivity index (χ4v) is 6.57. The van der Waals surface area contributed by atoms with Gasteiger partial charge in [0.25, 0.3) is 0 Å². The van der Waals surface area contributed by atoms with Gasteiger partial charge in [0.15, 0.2) is 0 Å². The van der Waals surface area contributed by atoms with Gasteiger partial charge in [-0.05, 0) is 77.1 Å². The third-order valence-electron chi connectivity index (χ3n) is 7.83. The van der Waals surface area contributed by atoms with Crippen molar-refractivity contribution >= 4 is 29.0 Å². The Kier molecular flexibility index (Phi) is 5.10. The topological polar surface area (TPSA) is 37.4 Å².